The highest BCUT2D eigenvalue weighted by molar-refractivity contribution is 7.17. The Labute approximate surface area is 161 Å². The van der Waals surface area contributed by atoms with Crippen molar-refractivity contribution in [1.29, 1.82) is 0 Å². The number of benzene rings is 1. The van der Waals surface area contributed by atoms with Gasteiger partial charge in [0.1, 0.15) is 0 Å². The van der Waals surface area contributed by atoms with Gasteiger partial charge < -0.3 is 10.6 Å². The second-order valence-electron chi connectivity index (χ2n) is 6.53. The molecule has 1 aromatic carbocycles. The van der Waals surface area contributed by atoms with Crippen LogP contribution in [0, 0.1) is 0 Å². The Hall–Kier alpha value is -2.99. The maximum atomic E-state index is 12.3. The fourth-order valence-corrected chi connectivity index (χ4v) is 3.60. The van der Waals surface area contributed by atoms with Gasteiger partial charge in [-0.3, -0.25) is 14.6 Å². The topological polar surface area (TPSA) is 71.1 Å². The van der Waals surface area contributed by atoms with E-state index in [0.717, 1.165) is 28.8 Å². The molecule has 1 fully saturated rings. The van der Waals surface area contributed by atoms with Crippen LogP contribution in [0.5, 0.6) is 0 Å². The van der Waals surface area contributed by atoms with Crippen molar-refractivity contribution < 1.29 is 9.59 Å². The summed E-state index contributed by atoms with van der Waals surface area (Å²) in [5.41, 5.74) is 2.62. The van der Waals surface area contributed by atoms with Crippen LogP contribution in [0.15, 0.2) is 60.9 Å². The number of carbonyl (C=O) groups excluding carboxylic acids is 2. The highest BCUT2D eigenvalue weighted by Gasteiger charge is 2.23. The van der Waals surface area contributed by atoms with E-state index in [1.165, 1.54) is 11.3 Å². The van der Waals surface area contributed by atoms with E-state index in [0.29, 0.717) is 23.0 Å². The van der Waals surface area contributed by atoms with Gasteiger partial charge in [-0.25, -0.2) is 0 Å². The van der Waals surface area contributed by atoms with Crippen LogP contribution in [0.2, 0.25) is 0 Å². The van der Waals surface area contributed by atoms with Crippen molar-refractivity contribution in [1.82, 2.24) is 15.6 Å². The molecule has 0 spiro atoms. The first-order chi connectivity index (χ1) is 13.2. The first-order valence-corrected chi connectivity index (χ1v) is 9.69. The highest BCUT2D eigenvalue weighted by atomic mass is 32.1. The predicted octanol–water partition coefficient (Wildman–Crippen LogP) is 3.63. The summed E-state index contributed by atoms with van der Waals surface area (Å²) in [7, 11) is 0. The molecule has 0 atom stereocenters. The minimum absolute atomic E-state index is 0.0225. The molecule has 0 saturated heterocycles. The molecule has 4 rings (SSSR count). The average molecular weight is 377 g/mol. The lowest BCUT2D eigenvalue weighted by Gasteiger charge is -2.04. The number of carbonyl (C=O) groups is 2. The number of thiophene rings is 1. The molecular formula is C21H19N3O2S. The van der Waals surface area contributed by atoms with Crippen molar-refractivity contribution in [3.63, 3.8) is 0 Å². The second-order valence-corrected chi connectivity index (χ2v) is 7.62. The Balaban J connectivity index is 1.39. The van der Waals surface area contributed by atoms with Gasteiger partial charge in [-0.1, -0.05) is 18.2 Å². The molecule has 2 heterocycles. The van der Waals surface area contributed by atoms with Crippen molar-refractivity contribution in [3.05, 3.63) is 76.9 Å². The lowest BCUT2D eigenvalue weighted by molar-refractivity contribution is 0.0944. The maximum Gasteiger partial charge on any atom is 0.261 e. The van der Waals surface area contributed by atoms with E-state index in [4.69, 9.17) is 0 Å². The standard InChI is InChI=1S/C21H19N3O2S/c25-20(24-17-7-8-17)16-5-3-15(4-6-16)18-9-10-19(27-18)21(26)23-13-14-2-1-11-22-12-14/h1-6,9-12,17H,7-8,13H2,(H,23,26)(H,24,25). The SMILES string of the molecule is O=C(NC1CC1)c1ccc(-c2ccc(C(=O)NCc3cccnc3)s2)cc1. The number of nitrogens with one attached hydrogen (secondary N) is 2. The monoisotopic (exact) mass is 377 g/mol. The third-order valence-electron chi connectivity index (χ3n) is 4.35. The van der Waals surface area contributed by atoms with Crippen molar-refractivity contribution >= 4 is 23.2 Å². The third kappa shape index (κ3) is 4.41. The number of pyridine rings is 1. The minimum atomic E-state index is -0.101. The first kappa shape index (κ1) is 17.4. The van der Waals surface area contributed by atoms with Gasteiger partial charge in [-0.2, -0.15) is 0 Å². The molecule has 1 aliphatic carbocycles. The van der Waals surface area contributed by atoms with Gasteiger partial charge in [0.15, 0.2) is 0 Å². The third-order valence-corrected chi connectivity index (χ3v) is 5.48. The Kier molecular flexibility index (Phi) is 4.98. The Morgan fingerprint density at radius 1 is 1.04 bits per heavy atom. The number of rotatable bonds is 6. The number of aromatic nitrogens is 1. The lowest BCUT2D eigenvalue weighted by atomic mass is 10.1. The largest absolute Gasteiger partial charge is 0.349 e. The van der Waals surface area contributed by atoms with Gasteiger partial charge in [0.2, 0.25) is 0 Å². The zero-order chi connectivity index (χ0) is 18.6. The number of nitrogens with zero attached hydrogens (tertiary/aromatic N) is 1. The molecular weight excluding hydrogens is 358 g/mol. The first-order valence-electron chi connectivity index (χ1n) is 8.87. The normalized spacial score (nSPS) is 13.2. The smallest absolute Gasteiger partial charge is 0.261 e. The van der Waals surface area contributed by atoms with Crippen molar-refractivity contribution in [2.45, 2.75) is 25.4 Å². The fraction of sp³-hybridized carbons (Fsp3) is 0.190. The molecule has 2 N–H and O–H groups in total. The molecule has 0 bridgehead atoms. The number of hydrogen-bond donors (Lipinski definition) is 2. The quantitative estimate of drug-likeness (QED) is 0.689. The van der Waals surface area contributed by atoms with E-state index < -0.39 is 0 Å². The summed E-state index contributed by atoms with van der Waals surface area (Å²) in [5, 5.41) is 5.89. The van der Waals surface area contributed by atoms with E-state index in [9.17, 15) is 9.59 Å². The van der Waals surface area contributed by atoms with E-state index >= 15 is 0 Å². The fourth-order valence-electron chi connectivity index (χ4n) is 2.67. The molecule has 3 aromatic rings. The Morgan fingerprint density at radius 3 is 2.56 bits per heavy atom. The van der Waals surface area contributed by atoms with E-state index in [2.05, 4.69) is 15.6 Å². The van der Waals surface area contributed by atoms with Crippen LogP contribution in [-0.4, -0.2) is 22.8 Å². The molecule has 0 unspecified atom stereocenters. The van der Waals surface area contributed by atoms with Gasteiger partial charge in [0.25, 0.3) is 11.8 Å². The minimum Gasteiger partial charge on any atom is -0.349 e. The summed E-state index contributed by atoms with van der Waals surface area (Å²) in [6, 6.07) is 15.4. The van der Waals surface area contributed by atoms with Crippen molar-refractivity contribution in [2.75, 3.05) is 0 Å². The highest BCUT2D eigenvalue weighted by Crippen LogP contribution is 2.28. The van der Waals surface area contributed by atoms with Crippen LogP contribution >= 0.6 is 11.3 Å². The summed E-state index contributed by atoms with van der Waals surface area (Å²) in [6.07, 6.45) is 5.59. The van der Waals surface area contributed by atoms with Gasteiger partial charge >= 0.3 is 0 Å². The maximum absolute atomic E-state index is 12.3. The second kappa shape index (κ2) is 7.72. The van der Waals surface area contributed by atoms with Crippen molar-refractivity contribution in [3.8, 4) is 10.4 Å². The summed E-state index contributed by atoms with van der Waals surface area (Å²) in [4.78, 5) is 30.1. The molecule has 0 radical (unpaired) electrons. The van der Waals surface area contributed by atoms with Crippen LogP contribution in [0.4, 0.5) is 0 Å². The average Bonchev–Trinajstić information content (AvgIpc) is 3.38. The number of hydrogen-bond acceptors (Lipinski definition) is 4. The molecule has 136 valence electrons. The summed E-state index contributed by atoms with van der Waals surface area (Å²) < 4.78 is 0. The van der Waals surface area contributed by atoms with Gasteiger partial charge in [-0.15, -0.1) is 11.3 Å². The number of amides is 2. The molecule has 1 aliphatic rings. The van der Waals surface area contributed by atoms with E-state index in [-0.39, 0.29) is 11.8 Å². The molecule has 2 aromatic heterocycles. The zero-order valence-electron chi connectivity index (χ0n) is 14.6. The lowest BCUT2D eigenvalue weighted by Crippen LogP contribution is -2.25. The van der Waals surface area contributed by atoms with E-state index in [1.807, 2.05) is 48.5 Å². The Morgan fingerprint density at radius 2 is 1.85 bits per heavy atom. The predicted molar refractivity (Wildman–Crippen MR) is 106 cm³/mol. The van der Waals surface area contributed by atoms with Crippen LogP contribution in [0.25, 0.3) is 10.4 Å². The summed E-state index contributed by atoms with van der Waals surface area (Å²) in [6.45, 7) is 0.449. The molecule has 5 nitrogen and oxygen atoms in total. The molecule has 0 aliphatic heterocycles. The molecule has 6 heteroatoms. The van der Waals surface area contributed by atoms with Gasteiger partial charge in [0.05, 0.1) is 4.88 Å². The Bertz CT molecular complexity index is 947. The van der Waals surface area contributed by atoms with Gasteiger partial charge in [0, 0.05) is 35.4 Å². The molecule has 1 saturated carbocycles. The van der Waals surface area contributed by atoms with E-state index in [1.54, 1.807) is 12.4 Å². The summed E-state index contributed by atoms with van der Waals surface area (Å²) >= 11 is 1.44. The van der Waals surface area contributed by atoms with Crippen LogP contribution < -0.4 is 10.6 Å². The van der Waals surface area contributed by atoms with Gasteiger partial charge in [-0.05, 0) is 54.3 Å². The molecule has 2 amide bonds. The van der Waals surface area contributed by atoms with Crippen LogP contribution in [0.1, 0.15) is 38.4 Å². The van der Waals surface area contributed by atoms with Crippen LogP contribution in [-0.2, 0) is 6.54 Å². The van der Waals surface area contributed by atoms with Crippen LogP contribution in [0.3, 0.4) is 0 Å². The molecule has 27 heavy (non-hydrogen) atoms. The van der Waals surface area contributed by atoms with Crippen molar-refractivity contribution in [2.24, 2.45) is 0 Å². The zero-order valence-corrected chi connectivity index (χ0v) is 15.5. The summed E-state index contributed by atoms with van der Waals surface area (Å²) in [5.74, 6) is -0.124.